The molecule has 2 aromatic carbocycles. The van der Waals surface area contributed by atoms with Gasteiger partial charge in [0.05, 0.1) is 24.5 Å². The van der Waals surface area contributed by atoms with E-state index in [0.29, 0.717) is 32.7 Å². The molecule has 4 rings (SSSR count). The Balaban J connectivity index is 1.54. The molecule has 2 aromatic rings. The van der Waals surface area contributed by atoms with Crippen molar-refractivity contribution in [3.05, 3.63) is 60.2 Å². The van der Waals surface area contributed by atoms with E-state index < -0.39 is 10.0 Å². The lowest BCUT2D eigenvalue weighted by atomic mass is 10.1. The zero-order valence-electron chi connectivity index (χ0n) is 16.4. The highest BCUT2D eigenvalue weighted by Gasteiger charge is 2.34. The average Bonchev–Trinajstić information content (AvgIpc) is 2.73. The van der Waals surface area contributed by atoms with Crippen LogP contribution in [-0.4, -0.2) is 68.3 Å². The van der Waals surface area contributed by atoms with Gasteiger partial charge in [-0.05, 0) is 17.7 Å². The van der Waals surface area contributed by atoms with E-state index in [4.69, 9.17) is 0 Å². The second-order valence-corrected chi connectivity index (χ2v) is 10.5. The molecular weight excluding hydrogens is 406 g/mol. The van der Waals surface area contributed by atoms with Crippen molar-refractivity contribution < 1.29 is 13.2 Å². The Labute approximate surface area is 176 Å². The van der Waals surface area contributed by atoms with E-state index in [2.05, 4.69) is 23.1 Å². The summed E-state index contributed by atoms with van der Waals surface area (Å²) in [7, 11) is -3.17. The molecule has 6 nitrogen and oxygen atoms in total. The molecule has 29 heavy (non-hydrogen) atoms. The maximum atomic E-state index is 13.4. The summed E-state index contributed by atoms with van der Waals surface area (Å²) in [5.41, 5.74) is 2.09. The van der Waals surface area contributed by atoms with Crippen LogP contribution < -0.4 is 4.90 Å². The Morgan fingerprint density at radius 3 is 2.34 bits per heavy atom. The summed E-state index contributed by atoms with van der Waals surface area (Å²) >= 11 is 1.78. The summed E-state index contributed by atoms with van der Waals surface area (Å²) in [6.45, 7) is 2.29. The zero-order valence-corrected chi connectivity index (χ0v) is 18.0. The highest BCUT2D eigenvalue weighted by Crippen LogP contribution is 2.43. The average molecular weight is 432 g/mol. The van der Waals surface area contributed by atoms with Gasteiger partial charge in [-0.15, -0.1) is 11.8 Å². The minimum absolute atomic E-state index is 0.0130. The van der Waals surface area contributed by atoms with Gasteiger partial charge < -0.3 is 4.90 Å². The number of para-hydroxylation sites is 1. The van der Waals surface area contributed by atoms with E-state index in [9.17, 15) is 13.2 Å². The number of nitrogens with zero attached hydrogens (tertiary/aromatic N) is 3. The van der Waals surface area contributed by atoms with Gasteiger partial charge in [0.15, 0.2) is 0 Å². The molecule has 1 fully saturated rings. The number of rotatable bonds is 4. The van der Waals surface area contributed by atoms with Gasteiger partial charge >= 0.3 is 0 Å². The second kappa shape index (κ2) is 8.47. The maximum Gasteiger partial charge on any atom is 0.241 e. The lowest BCUT2D eigenvalue weighted by molar-refractivity contribution is -0.120. The predicted octanol–water partition coefficient (Wildman–Crippen LogP) is 2.44. The van der Waals surface area contributed by atoms with E-state index in [1.165, 1.54) is 10.6 Å². The van der Waals surface area contributed by atoms with Gasteiger partial charge in [0.1, 0.15) is 0 Å². The fourth-order valence-electron chi connectivity index (χ4n) is 3.90. The number of carbonyl (C=O) groups is 1. The van der Waals surface area contributed by atoms with Gasteiger partial charge in [-0.3, -0.25) is 9.69 Å². The lowest BCUT2D eigenvalue weighted by Crippen LogP contribution is -2.52. The zero-order chi connectivity index (χ0) is 20.4. The molecule has 0 aromatic heterocycles. The SMILES string of the molecule is CS(=O)(=O)N1CCN(CC(=O)N2c3ccccc3SCC2c2ccccc2)CC1. The number of benzene rings is 2. The van der Waals surface area contributed by atoms with Crippen molar-refractivity contribution >= 4 is 33.4 Å². The second-order valence-electron chi connectivity index (χ2n) is 7.41. The van der Waals surface area contributed by atoms with Gasteiger partial charge in [-0.25, -0.2) is 8.42 Å². The van der Waals surface area contributed by atoms with Gasteiger partial charge in [0.25, 0.3) is 0 Å². The molecule has 2 aliphatic rings. The first-order valence-corrected chi connectivity index (χ1v) is 12.5. The summed E-state index contributed by atoms with van der Waals surface area (Å²) in [5.74, 6) is 0.869. The lowest BCUT2D eigenvalue weighted by Gasteiger charge is -2.39. The van der Waals surface area contributed by atoms with Crippen molar-refractivity contribution in [3.8, 4) is 0 Å². The molecule has 0 N–H and O–H groups in total. The van der Waals surface area contributed by atoms with Crippen molar-refractivity contribution in [2.24, 2.45) is 0 Å². The molecule has 0 radical (unpaired) electrons. The molecule has 2 aliphatic heterocycles. The summed E-state index contributed by atoms with van der Waals surface area (Å²) in [4.78, 5) is 18.5. The van der Waals surface area contributed by atoms with E-state index in [1.54, 1.807) is 11.8 Å². The summed E-state index contributed by atoms with van der Waals surface area (Å²) in [6.07, 6.45) is 1.24. The Hall–Kier alpha value is -1.87. The van der Waals surface area contributed by atoms with Crippen LogP contribution in [0.3, 0.4) is 0 Å². The Kier molecular flexibility index (Phi) is 5.96. The number of hydrogen-bond donors (Lipinski definition) is 0. The Morgan fingerprint density at radius 1 is 1.00 bits per heavy atom. The summed E-state index contributed by atoms with van der Waals surface area (Å²) < 4.78 is 24.9. The molecule has 8 heteroatoms. The van der Waals surface area contributed by atoms with Crippen LogP contribution in [0.1, 0.15) is 11.6 Å². The number of anilines is 1. The standard InChI is InChI=1S/C21H25N3O3S2/c1-29(26,27)23-13-11-22(12-14-23)15-21(25)24-18-9-5-6-10-20(18)28-16-19(24)17-7-3-2-4-8-17/h2-10,19H,11-16H2,1H3. The number of thioether (sulfide) groups is 1. The minimum atomic E-state index is -3.17. The number of fused-ring (bicyclic) bond motifs is 1. The van der Waals surface area contributed by atoms with Crippen LogP contribution >= 0.6 is 11.8 Å². The first kappa shape index (κ1) is 20.4. The molecule has 0 spiro atoms. The van der Waals surface area contributed by atoms with E-state index in [1.807, 2.05) is 41.3 Å². The highest BCUT2D eigenvalue weighted by molar-refractivity contribution is 7.99. The normalized spacial score (nSPS) is 21.0. The third-order valence-corrected chi connectivity index (χ3v) is 7.89. The fourth-order valence-corrected chi connectivity index (χ4v) is 5.90. The molecule has 1 unspecified atom stereocenters. The predicted molar refractivity (Wildman–Crippen MR) is 117 cm³/mol. The van der Waals surface area contributed by atoms with Crippen LogP contribution in [0.15, 0.2) is 59.5 Å². The Morgan fingerprint density at radius 2 is 1.66 bits per heavy atom. The van der Waals surface area contributed by atoms with Crippen LogP contribution in [0.5, 0.6) is 0 Å². The monoisotopic (exact) mass is 431 g/mol. The van der Waals surface area contributed by atoms with Gasteiger partial charge in [0.2, 0.25) is 15.9 Å². The first-order chi connectivity index (χ1) is 13.9. The molecule has 1 amide bonds. The first-order valence-electron chi connectivity index (χ1n) is 9.70. The number of piperazine rings is 1. The molecule has 0 saturated carbocycles. The topological polar surface area (TPSA) is 60.9 Å². The van der Waals surface area contributed by atoms with E-state index >= 15 is 0 Å². The maximum absolute atomic E-state index is 13.4. The molecule has 154 valence electrons. The van der Waals surface area contributed by atoms with Crippen molar-refractivity contribution in [2.45, 2.75) is 10.9 Å². The van der Waals surface area contributed by atoms with Crippen molar-refractivity contribution in [3.63, 3.8) is 0 Å². The number of sulfonamides is 1. The van der Waals surface area contributed by atoms with Crippen LogP contribution in [0.25, 0.3) is 0 Å². The van der Waals surface area contributed by atoms with Gasteiger partial charge in [0, 0.05) is 36.8 Å². The van der Waals surface area contributed by atoms with Crippen molar-refractivity contribution in [2.75, 3.05) is 49.6 Å². The molecular formula is C21H25N3O3S2. The smallest absolute Gasteiger partial charge is 0.241 e. The summed E-state index contributed by atoms with van der Waals surface area (Å²) in [6, 6.07) is 18.2. The fraction of sp³-hybridized carbons (Fsp3) is 0.381. The third-order valence-electron chi connectivity index (χ3n) is 5.45. The molecule has 2 heterocycles. The Bertz CT molecular complexity index is 974. The quantitative estimate of drug-likeness (QED) is 0.744. The van der Waals surface area contributed by atoms with E-state index in [0.717, 1.165) is 21.9 Å². The van der Waals surface area contributed by atoms with Crippen LogP contribution in [0.2, 0.25) is 0 Å². The number of amides is 1. The van der Waals surface area contributed by atoms with Crippen molar-refractivity contribution in [1.29, 1.82) is 0 Å². The highest BCUT2D eigenvalue weighted by atomic mass is 32.2. The van der Waals surface area contributed by atoms with Crippen LogP contribution in [-0.2, 0) is 14.8 Å². The molecule has 0 aliphatic carbocycles. The number of hydrogen-bond acceptors (Lipinski definition) is 5. The van der Waals surface area contributed by atoms with Gasteiger partial charge in [-0.2, -0.15) is 4.31 Å². The van der Waals surface area contributed by atoms with E-state index in [-0.39, 0.29) is 11.9 Å². The molecule has 1 atom stereocenters. The summed E-state index contributed by atoms with van der Waals surface area (Å²) in [5, 5.41) is 0. The van der Waals surface area contributed by atoms with Crippen molar-refractivity contribution in [1.82, 2.24) is 9.21 Å². The van der Waals surface area contributed by atoms with Crippen LogP contribution in [0, 0.1) is 0 Å². The largest absolute Gasteiger partial charge is 0.302 e. The molecule has 1 saturated heterocycles. The molecule has 0 bridgehead atoms. The third kappa shape index (κ3) is 4.50. The van der Waals surface area contributed by atoms with Gasteiger partial charge in [-0.1, -0.05) is 42.5 Å². The minimum Gasteiger partial charge on any atom is -0.302 e. The number of carbonyl (C=O) groups excluding carboxylic acids is 1. The van der Waals surface area contributed by atoms with Crippen LogP contribution in [0.4, 0.5) is 5.69 Å².